The average molecular weight is 387 g/mol. The number of rotatable bonds is 9. The van der Waals surface area contributed by atoms with Crippen LogP contribution in [0.15, 0.2) is 28.0 Å². The molecule has 0 unspecified atom stereocenters. The lowest BCUT2D eigenvalue weighted by Gasteiger charge is -2.18. The summed E-state index contributed by atoms with van der Waals surface area (Å²) in [5, 5.41) is 0. The fourth-order valence-electron chi connectivity index (χ4n) is 2.72. The second-order valence-corrected chi connectivity index (χ2v) is 8.42. The van der Waals surface area contributed by atoms with Gasteiger partial charge in [-0.15, -0.1) is 11.8 Å². The van der Waals surface area contributed by atoms with E-state index in [1.807, 2.05) is 13.2 Å². The summed E-state index contributed by atoms with van der Waals surface area (Å²) in [5.74, 6) is -0.0877. The van der Waals surface area contributed by atoms with Gasteiger partial charge in [0.15, 0.2) is 0 Å². The highest BCUT2D eigenvalue weighted by molar-refractivity contribution is 7.98. The van der Waals surface area contributed by atoms with Crippen LogP contribution in [-0.4, -0.2) is 58.3 Å². The first-order chi connectivity index (χ1) is 12.0. The molecule has 1 aromatic carbocycles. The molecule has 0 atom stereocenters. The summed E-state index contributed by atoms with van der Waals surface area (Å²) in [4.78, 5) is 15.4. The molecule has 1 saturated heterocycles. The number of ether oxygens (including phenoxy) is 1. The van der Waals surface area contributed by atoms with E-state index in [-0.39, 0.29) is 10.8 Å². The Bertz CT molecular complexity index is 686. The van der Waals surface area contributed by atoms with Crippen molar-refractivity contribution < 1.29 is 17.9 Å². The molecule has 1 amide bonds. The number of likely N-dealkylation sites (tertiary alicyclic amines) is 1. The zero-order chi connectivity index (χ0) is 18.3. The van der Waals surface area contributed by atoms with Crippen LogP contribution in [0.2, 0.25) is 0 Å². The van der Waals surface area contributed by atoms with Crippen LogP contribution in [0.5, 0.6) is 0 Å². The number of carbonyl (C=O) groups is 1. The summed E-state index contributed by atoms with van der Waals surface area (Å²) < 4.78 is 32.7. The molecule has 0 spiro atoms. The van der Waals surface area contributed by atoms with Gasteiger partial charge in [-0.05, 0) is 50.6 Å². The predicted molar refractivity (Wildman–Crippen MR) is 99.7 cm³/mol. The van der Waals surface area contributed by atoms with Gasteiger partial charge < -0.3 is 9.64 Å². The summed E-state index contributed by atoms with van der Waals surface area (Å²) >= 11 is 1.45. The van der Waals surface area contributed by atoms with Crippen molar-refractivity contribution in [2.45, 2.75) is 36.0 Å². The summed E-state index contributed by atoms with van der Waals surface area (Å²) in [5.41, 5.74) is 0.464. The number of nitrogens with zero attached hydrogens (tertiary/aromatic N) is 1. The fourth-order valence-corrected chi connectivity index (χ4v) is 4.39. The fraction of sp³-hybridized carbons (Fsp3) is 0.588. The van der Waals surface area contributed by atoms with Gasteiger partial charge in [0.25, 0.3) is 5.91 Å². The third-order valence-electron chi connectivity index (χ3n) is 4.07. The number of nitrogens with one attached hydrogen (secondary N) is 1. The Hall–Kier alpha value is -1.09. The maximum absolute atomic E-state index is 12.7. The minimum atomic E-state index is -3.64. The summed E-state index contributed by atoms with van der Waals surface area (Å²) in [6, 6.07) is 4.76. The van der Waals surface area contributed by atoms with Gasteiger partial charge in [-0.2, -0.15) is 0 Å². The number of carbonyl (C=O) groups excluding carboxylic acids is 1. The van der Waals surface area contributed by atoms with Crippen LogP contribution in [0, 0.1) is 0 Å². The smallest absolute Gasteiger partial charge is 0.255 e. The summed E-state index contributed by atoms with van der Waals surface area (Å²) in [7, 11) is -3.64. The maximum Gasteiger partial charge on any atom is 0.255 e. The molecule has 1 aliphatic heterocycles. The maximum atomic E-state index is 12.7. The first-order valence-electron chi connectivity index (χ1n) is 8.54. The second kappa shape index (κ2) is 9.56. The van der Waals surface area contributed by atoms with E-state index in [1.54, 1.807) is 17.0 Å². The van der Waals surface area contributed by atoms with Gasteiger partial charge in [0, 0.05) is 37.7 Å². The molecule has 1 heterocycles. The number of benzene rings is 1. The standard InChI is InChI=1S/C17H26N2O4S2/c1-3-23-12-6-9-18-25(21,22)14-7-8-16(24-2)15(13-14)17(20)19-10-4-5-11-19/h7-8,13,18H,3-6,9-12H2,1-2H3. The molecule has 1 aromatic rings. The van der Waals surface area contributed by atoms with Crippen molar-refractivity contribution >= 4 is 27.7 Å². The van der Waals surface area contributed by atoms with E-state index in [9.17, 15) is 13.2 Å². The van der Waals surface area contributed by atoms with Crippen molar-refractivity contribution in [3.63, 3.8) is 0 Å². The van der Waals surface area contributed by atoms with Crippen molar-refractivity contribution in [3.05, 3.63) is 23.8 Å². The van der Waals surface area contributed by atoms with Gasteiger partial charge in [-0.25, -0.2) is 13.1 Å². The number of amides is 1. The Morgan fingerprint density at radius 3 is 2.68 bits per heavy atom. The number of hydrogen-bond donors (Lipinski definition) is 1. The number of thioether (sulfide) groups is 1. The molecular formula is C17H26N2O4S2. The van der Waals surface area contributed by atoms with E-state index in [1.165, 1.54) is 17.8 Å². The molecule has 1 N–H and O–H groups in total. The third kappa shape index (κ3) is 5.44. The van der Waals surface area contributed by atoms with E-state index in [0.29, 0.717) is 31.7 Å². The monoisotopic (exact) mass is 386 g/mol. The zero-order valence-electron chi connectivity index (χ0n) is 14.8. The highest BCUT2D eigenvalue weighted by Gasteiger charge is 2.24. The van der Waals surface area contributed by atoms with E-state index in [4.69, 9.17) is 4.74 Å². The minimum absolute atomic E-state index is 0.0877. The van der Waals surface area contributed by atoms with Crippen LogP contribution in [0.25, 0.3) is 0 Å². The van der Waals surface area contributed by atoms with Crippen LogP contribution in [-0.2, 0) is 14.8 Å². The lowest BCUT2D eigenvalue weighted by atomic mass is 10.2. The van der Waals surface area contributed by atoms with Crippen LogP contribution in [0.3, 0.4) is 0 Å². The molecule has 140 valence electrons. The van der Waals surface area contributed by atoms with Crippen LogP contribution in [0.4, 0.5) is 0 Å². The molecule has 0 saturated carbocycles. The minimum Gasteiger partial charge on any atom is -0.382 e. The van der Waals surface area contributed by atoms with Gasteiger partial charge in [0.2, 0.25) is 10.0 Å². The molecule has 1 fully saturated rings. The molecule has 0 radical (unpaired) electrons. The van der Waals surface area contributed by atoms with E-state index < -0.39 is 10.0 Å². The van der Waals surface area contributed by atoms with Crippen molar-refractivity contribution in [1.82, 2.24) is 9.62 Å². The van der Waals surface area contributed by atoms with Crippen molar-refractivity contribution in [3.8, 4) is 0 Å². The SMILES string of the molecule is CCOCCCNS(=O)(=O)c1ccc(SC)c(C(=O)N2CCCC2)c1. The van der Waals surface area contributed by atoms with Gasteiger partial charge in [-0.3, -0.25) is 4.79 Å². The zero-order valence-corrected chi connectivity index (χ0v) is 16.4. The van der Waals surface area contributed by atoms with E-state index in [0.717, 1.165) is 30.8 Å². The first-order valence-corrected chi connectivity index (χ1v) is 11.2. The molecule has 0 aromatic heterocycles. The molecule has 1 aliphatic rings. The van der Waals surface area contributed by atoms with Crippen LogP contribution < -0.4 is 4.72 Å². The molecule has 8 heteroatoms. The largest absolute Gasteiger partial charge is 0.382 e. The quantitative estimate of drug-likeness (QED) is 0.521. The Morgan fingerprint density at radius 1 is 1.32 bits per heavy atom. The van der Waals surface area contributed by atoms with E-state index in [2.05, 4.69) is 4.72 Å². The lowest BCUT2D eigenvalue weighted by Crippen LogP contribution is -2.29. The summed E-state index contributed by atoms with van der Waals surface area (Å²) in [6.45, 7) is 4.81. The number of hydrogen-bond acceptors (Lipinski definition) is 5. The van der Waals surface area contributed by atoms with Gasteiger partial charge in [0.05, 0.1) is 10.5 Å². The summed E-state index contributed by atoms with van der Waals surface area (Å²) in [6.07, 6.45) is 4.49. The molecule has 2 rings (SSSR count). The van der Waals surface area contributed by atoms with Crippen LogP contribution in [0.1, 0.15) is 36.5 Å². The number of sulfonamides is 1. The molecule has 0 aliphatic carbocycles. The predicted octanol–water partition coefficient (Wildman–Crippen LogP) is 2.35. The molecule has 0 bridgehead atoms. The van der Waals surface area contributed by atoms with Gasteiger partial charge in [-0.1, -0.05) is 0 Å². The Kier molecular flexibility index (Phi) is 7.74. The Morgan fingerprint density at radius 2 is 2.04 bits per heavy atom. The van der Waals surface area contributed by atoms with Crippen molar-refractivity contribution in [1.29, 1.82) is 0 Å². The Labute approximate surface area is 154 Å². The normalized spacial score (nSPS) is 14.9. The highest BCUT2D eigenvalue weighted by Crippen LogP contribution is 2.26. The van der Waals surface area contributed by atoms with Crippen molar-refractivity contribution in [2.75, 3.05) is 39.1 Å². The lowest BCUT2D eigenvalue weighted by molar-refractivity contribution is 0.0789. The molecule has 25 heavy (non-hydrogen) atoms. The van der Waals surface area contributed by atoms with Crippen LogP contribution >= 0.6 is 11.8 Å². The molecular weight excluding hydrogens is 360 g/mol. The molecule has 6 nitrogen and oxygen atoms in total. The van der Waals surface area contributed by atoms with Gasteiger partial charge >= 0.3 is 0 Å². The third-order valence-corrected chi connectivity index (χ3v) is 6.32. The topological polar surface area (TPSA) is 75.7 Å². The van der Waals surface area contributed by atoms with E-state index >= 15 is 0 Å². The van der Waals surface area contributed by atoms with Crippen molar-refractivity contribution in [2.24, 2.45) is 0 Å². The average Bonchev–Trinajstić information content (AvgIpc) is 3.15. The first kappa shape index (κ1) is 20.2. The van der Waals surface area contributed by atoms with Gasteiger partial charge in [0.1, 0.15) is 0 Å². The Balaban J connectivity index is 2.15. The highest BCUT2D eigenvalue weighted by atomic mass is 32.2. The second-order valence-electron chi connectivity index (χ2n) is 5.81.